The lowest BCUT2D eigenvalue weighted by Crippen LogP contribution is -2.08. The molecule has 0 saturated carbocycles. The first kappa shape index (κ1) is 27.8. The topological polar surface area (TPSA) is 30.7 Å². The zero-order valence-corrected chi connectivity index (χ0v) is 26.8. The van der Waals surface area contributed by atoms with Crippen LogP contribution < -0.4 is 0 Å². The summed E-state index contributed by atoms with van der Waals surface area (Å²) in [5.41, 5.74) is 14.3. The highest BCUT2D eigenvalue weighted by Crippen LogP contribution is 2.36. The Morgan fingerprint density at radius 3 is 1.67 bits per heavy atom. The zero-order chi connectivity index (χ0) is 32.3. The Hall–Kier alpha value is -6.32. The van der Waals surface area contributed by atoms with Gasteiger partial charge in [-0.1, -0.05) is 127 Å². The average molecular weight is 626 g/mol. The van der Waals surface area contributed by atoms with Gasteiger partial charge in [-0.3, -0.25) is 0 Å². The van der Waals surface area contributed by atoms with E-state index in [0.717, 1.165) is 46.7 Å². The van der Waals surface area contributed by atoms with E-state index in [1.807, 2.05) is 24.3 Å². The van der Waals surface area contributed by atoms with Gasteiger partial charge in [-0.05, 0) is 82.3 Å². The average Bonchev–Trinajstić information content (AvgIpc) is 3.51. The molecule has 2 heterocycles. The lowest BCUT2D eigenvalue weighted by molar-refractivity contribution is 1.01. The monoisotopic (exact) mass is 625 g/mol. The van der Waals surface area contributed by atoms with Crippen molar-refractivity contribution in [3.63, 3.8) is 0 Å². The molecule has 2 aromatic heterocycles. The van der Waals surface area contributed by atoms with E-state index in [1.165, 1.54) is 60.5 Å². The number of nitrogens with zero attached hydrogens (tertiary/aromatic N) is 3. The highest BCUT2D eigenvalue weighted by Gasteiger charge is 2.19. The lowest BCUT2D eigenvalue weighted by atomic mass is 9.83. The molecule has 0 N–H and O–H groups in total. The number of fused-ring (bicyclic) bond motifs is 6. The lowest BCUT2D eigenvalue weighted by Gasteiger charge is -2.22. The summed E-state index contributed by atoms with van der Waals surface area (Å²) in [5, 5.41) is 5.13. The largest absolute Gasteiger partial charge is 0.309 e. The first-order chi connectivity index (χ1) is 24.2. The predicted molar refractivity (Wildman–Crippen MR) is 202 cm³/mol. The molecule has 230 valence electrons. The van der Waals surface area contributed by atoms with Gasteiger partial charge in [-0.2, -0.15) is 0 Å². The molecule has 0 radical (unpaired) electrons. The van der Waals surface area contributed by atoms with E-state index in [4.69, 9.17) is 9.97 Å². The molecular weight excluding hydrogens is 595 g/mol. The third-order valence-corrected chi connectivity index (χ3v) is 10.1. The molecule has 0 fully saturated rings. The minimum atomic E-state index is 0.742. The van der Waals surface area contributed by atoms with E-state index >= 15 is 0 Å². The Morgan fingerprint density at radius 1 is 0.388 bits per heavy atom. The van der Waals surface area contributed by atoms with Gasteiger partial charge in [0.2, 0.25) is 0 Å². The Balaban J connectivity index is 1.03. The first-order valence-corrected chi connectivity index (χ1v) is 16.9. The standard InChI is InChI=1S/C46H31N3/c1-3-11-30(12-4-1)42-29-43(48-46(47-42)31-13-5-2-6-14-31)34-20-19-32-23-37-27-38-28-39(22-21-33(38)24-36(37)26-35(32)25-34)49-44-17-9-7-15-40(44)41-16-8-10-18-45(41)49/h1-22,24-25,27-29H,23,26H2. The summed E-state index contributed by atoms with van der Waals surface area (Å²) >= 11 is 0. The highest BCUT2D eigenvalue weighted by molar-refractivity contribution is 6.09. The molecular formula is C46H31N3. The van der Waals surface area contributed by atoms with Gasteiger partial charge < -0.3 is 4.57 Å². The van der Waals surface area contributed by atoms with Crippen LogP contribution in [0.25, 0.3) is 72.2 Å². The van der Waals surface area contributed by atoms with Crippen molar-refractivity contribution in [2.75, 3.05) is 0 Å². The van der Waals surface area contributed by atoms with Crippen molar-refractivity contribution < 1.29 is 0 Å². The molecule has 9 aromatic rings. The molecule has 7 aromatic carbocycles. The van der Waals surface area contributed by atoms with Gasteiger partial charge in [-0.25, -0.2) is 9.97 Å². The molecule has 0 bridgehead atoms. The van der Waals surface area contributed by atoms with Gasteiger partial charge in [-0.15, -0.1) is 0 Å². The van der Waals surface area contributed by atoms with Gasteiger partial charge in [0.1, 0.15) is 0 Å². The maximum Gasteiger partial charge on any atom is 0.160 e. The number of rotatable bonds is 4. The van der Waals surface area contributed by atoms with E-state index in [-0.39, 0.29) is 0 Å². The van der Waals surface area contributed by atoms with Crippen molar-refractivity contribution in [1.82, 2.24) is 14.5 Å². The van der Waals surface area contributed by atoms with Crippen LogP contribution in [-0.2, 0) is 12.8 Å². The van der Waals surface area contributed by atoms with Crippen molar-refractivity contribution in [1.29, 1.82) is 0 Å². The summed E-state index contributed by atoms with van der Waals surface area (Å²) < 4.78 is 2.40. The number of hydrogen-bond donors (Lipinski definition) is 0. The highest BCUT2D eigenvalue weighted by atomic mass is 15.0. The molecule has 0 amide bonds. The normalized spacial score (nSPS) is 12.3. The van der Waals surface area contributed by atoms with E-state index in [9.17, 15) is 0 Å². The summed E-state index contributed by atoms with van der Waals surface area (Å²) in [4.78, 5) is 10.1. The fourth-order valence-electron chi connectivity index (χ4n) is 7.65. The van der Waals surface area contributed by atoms with Crippen LogP contribution in [0, 0.1) is 0 Å². The number of aromatic nitrogens is 3. The first-order valence-electron chi connectivity index (χ1n) is 16.9. The third-order valence-electron chi connectivity index (χ3n) is 10.1. The molecule has 0 atom stereocenters. The van der Waals surface area contributed by atoms with Crippen LogP contribution in [0.3, 0.4) is 0 Å². The smallest absolute Gasteiger partial charge is 0.160 e. The molecule has 3 nitrogen and oxygen atoms in total. The van der Waals surface area contributed by atoms with E-state index in [2.05, 4.69) is 144 Å². The second-order valence-electron chi connectivity index (χ2n) is 13.1. The molecule has 10 rings (SSSR count). The maximum absolute atomic E-state index is 5.09. The second kappa shape index (κ2) is 11.1. The third kappa shape index (κ3) is 4.74. The predicted octanol–water partition coefficient (Wildman–Crippen LogP) is 11.2. The zero-order valence-electron chi connectivity index (χ0n) is 26.8. The fourth-order valence-corrected chi connectivity index (χ4v) is 7.65. The van der Waals surface area contributed by atoms with Crippen molar-refractivity contribution in [2.45, 2.75) is 12.8 Å². The maximum atomic E-state index is 5.09. The van der Waals surface area contributed by atoms with E-state index in [0.29, 0.717) is 0 Å². The van der Waals surface area contributed by atoms with Crippen molar-refractivity contribution in [3.8, 4) is 39.6 Å². The van der Waals surface area contributed by atoms with E-state index in [1.54, 1.807) is 0 Å². The van der Waals surface area contributed by atoms with Crippen molar-refractivity contribution in [2.24, 2.45) is 0 Å². The summed E-state index contributed by atoms with van der Waals surface area (Å²) in [5.74, 6) is 0.742. The van der Waals surface area contributed by atoms with Crippen molar-refractivity contribution >= 4 is 32.6 Å². The van der Waals surface area contributed by atoms with Gasteiger partial charge in [0.15, 0.2) is 5.82 Å². The molecule has 0 unspecified atom stereocenters. The Morgan fingerprint density at radius 2 is 0.959 bits per heavy atom. The summed E-state index contributed by atoms with van der Waals surface area (Å²) in [6.07, 6.45) is 1.83. The van der Waals surface area contributed by atoms with Crippen LogP contribution in [0.2, 0.25) is 0 Å². The number of hydrogen-bond acceptors (Lipinski definition) is 2. The SMILES string of the molecule is c1ccc(-c2cc(-c3ccc4c(c3)Cc3cc5ccc(-n6c7ccccc7c7ccccc76)cc5cc3C4)nc(-c3ccccc3)n2)cc1. The minimum absolute atomic E-state index is 0.742. The molecule has 1 aliphatic rings. The van der Waals surface area contributed by atoms with Gasteiger partial charge in [0, 0.05) is 33.2 Å². The number of benzene rings is 7. The summed E-state index contributed by atoms with van der Waals surface area (Å²) in [6, 6.07) is 58.8. The van der Waals surface area contributed by atoms with Crippen LogP contribution in [0.4, 0.5) is 0 Å². The van der Waals surface area contributed by atoms with Crippen LogP contribution in [0.5, 0.6) is 0 Å². The quantitative estimate of drug-likeness (QED) is 0.195. The molecule has 49 heavy (non-hydrogen) atoms. The Labute approximate surface area is 284 Å². The van der Waals surface area contributed by atoms with E-state index < -0.39 is 0 Å². The van der Waals surface area contributed by atoms with Gasteiger partial charge >= 0.3 is 0 Å². The van der Waals surface area contributed by atoms with Gasteiger partial charge in [0.05, 0.1) is 22.4 Å². The second-order valence-corrected chi connectivity index (χ2v) is 13.1. The molecule has 3 heteroatoms. The number of para-hydroxylation sites is 2. The fraction of sp³-hybridized carbons (Fsp3) is 0.0435. The van der Waals surface area contributed by atoms with Crippen molar-refractivity contribution in [3.05, 3.63) is 186 Å². The van der Waals surface area contributed by atoms with Crippen LogP contribution in [0.1, 0.15) is 22.3 Å². The van der Waals surface area contributed by atoms with Crippen LogP contribution >= 0.6 is 0 Å². The summed E-state index contributed by atoms with van der Waals surface area (Å²) in [7, 11) is 0. The molecule has 0 saturated heterocycles. The Bertz CT molecular complexity index is 2590. The van der Waals surface area contributed by atoms with Crippen LogP contribution in [-0.4, -0.2) is 14.5 Å². The molecule has 1 aliphatic carbocycles. The summed E-state index contributed by atoms with van der Waals surface area (Å²) in [6.45, 7) is 0. The minimum Gasteiger partial charge on any atom is -0.309 e. The Kier molecular flexibility index (Phi) is 6.31. The van der Waals surface area contributed by atoms with Gasteiger partial charge in [0.25, 0.3) is 0 Å². The van der Waals surface area contributed by atoms with Crippen LogP contribution in [0.15, 0.2) is 164 Å². The molecule has 0 spiro atoms. The molecule has 0 aliphatic heterocycles.